The molecular formula is C14H9ClF2N4OS. The van der Waals surface area contributed by atoms with E-state index in [0.29, 0.717) is 21.3 Å². The van der Waals surface area contributed by atoms with Gasteiger partial charge in [0.25, 0.3) is 0 Å². The Labute approximate surface area is 138 Å². The summed E-state index contributed by atoms with van der Waals surface area (Å²) in [5, 5.41) is 3.26. The summed E-state index contributed by atoms with van der Waals surface area (Å²) in [6, 6.07) is 4.52. The number of hydrogen-bond acceptors (Lipinski definition) is 4. The number of imidazole rings is 1. The highest BCUT2D eigenvalue weighted by Crippen LogP contribution is 2.21. The lowest BCUT2D eigenvalue weighted by Gasteiger charge is -2.05. The van der Waals surface area contributed by atoms with E-state index >= 15 is 0 Å². The second kappa shape index (κ2) is 6.51. The average Bonchev–Trinajstić information content (AvgIpc) is 2.91. The van der Waals surface area contributed by atoms with E-state index in [-0.39, 0.29) is 11.4 Å². The van der Waals surface area contributed by atoms with E-state index in [0.717, 1.165) is 30.0 Å². The molecule has 0 atom stereocenters. The van der Waals surface area contributed by atoms with Crippen LogP contribution in [0.3, 0.4) is 0 Å². The van der Waals surface area contributed by atoms with Crippen LogP contribution in [0.1, 0.15) is 0 Å². The number of aromatic nitrogens is 3. The number of anilines is 1. The molecule has 2 heterocycles. The van der Waals surface area contributed by atoms with Gasteiger partial charge in [-0.05, 0) is 18.2 Å². The summed E-state index contributed by atoms with van der Waals surface area (Å²) in [6.07, 6.45) is 1.47. The molecule has 0 aliphatic heterocycles. The Hall–Kier alpha value is -2.19. The van der Waals surface area contributed by atoms with Gasteiger partial charge in [0.2, 0.25) is 5.91 Å². The van der Waals surface area contributed by atoms with E-state index < -0.39 is 17.5 Å². The third-order valence-electron chi connectivity index (χ3n) is 2.82. The van der Waals surface area contributed by atoms with E-state index in [1.54, 1.807) is 6.07 Å². The zero-order valence-electron chi connectivity index (χ0n) is 11.4. The van der Waals surface area contributed by atoms with Gasteiger partial charge in [-0.25, -0.2) is 18.7 Å². The number of aromatic amines is 1. The Balaban J connectivity index is 1.64. The van der Waals surface area contributed by atoms with Crippen LogP contribution in [-0.2, 0) is 4.79 Å². The molecule has 0 unspecified atom stereocenters. The van der Waals surface area contributed by atoms with Gasteiger partial charge in [0.1, 0.15) is 11.6 Å². The monoisotopic (exact) mass is 354 g/mol. The van der Waals surface area contributed by atoms with Crippen molar-refractivity contribution in [2.75, 3.05) is 11.1 Å². The normalized spacial score (nSPS) is 10.9. The van der Waals surface area contributed by atoms with Crippen molar-refractivity contribution >= 4 is 46.1 Å². The molecule has 0 saturated heterocycles. The van der Waals surface area contributed by atoms with E-state index in [2.05, 4.69) is 20.3 Å². The first-order chi connectivity index (χ1) is 11.0. The number of thioether (sulfide) groups is 1. The molecule has 2 aromatic heterocycles. The minimum absolute atomic E-state index is 0.0243. The van der Waals surface area contributed by atoms with Gasteiger partial charge in [0.05, 0.1) is 22.0 Å². The largest absolute Gasteiger partial charge is 0.331 e. The molecular weight excluding hydrogens is 346 g/mol. The SMILES string of the molecule is O=C(CSc1nc2ncc(Cl)cc2[nH]1)Nc1cc(F)ccc1F. The highest BCUT2D eigenvalue weighted by molar-refractivity contribution is 7.99. The molecule has 3 aromatic rings. The van der Waals surface area contributed by atoms with Crippen molar-refractivity contribution in [3.63, 3.8) is 0 Å². The fourth-order valence-corrected chi connectivity index (χ4v) is 2.67. The number of nitrogens with zero attached hydrogens (tertiary/aromatic N) is 2. The molecule has 0 bridgehead atoms. The molecule has 2 N–H and O–H groups in total. The zero-order valence-corrected chi connectivity index (χ0v) is 13.0. The van der Waals surface area contributed by atoms with Gasteiger partial charge in [-0.3, -0.25) is 4.79 Å². The topological polar surface area (TPSA) is 70.7 Å². The molecule has 0 fully saturated rings. The smallest absolute Gasteiger partial charge is 0.234 e. The van der Waals surface area contributed by atoms with Crippen molar-refractivity contribution in [3.8, 4) is 0 Å². The summed E-state index contributed by atoms with van der Waals surface area (Å²) >= 11 is 6.94. The van der Waals surface area contributed by atoms with Crippen molar-refractivity contribution in [1.29, 1.82) is 0 Å². The second-order valence-corrected chi connectivity index (χ2v) is 5.93. The number of nitrogens with one attached hydrogen (secondary N) is 2. The molecule has 0 aliphatic rings. The molecule has 1 aromatic carbocycles. The number of hydrogen-bond donors (Lipinski definition) is 2. The molecule has 0 aliphatic carbocycles. The van der Waals surface area contributed by atoms with Gasteiger partial charge < -0.3 is 10.3 Å². The Morgan fingerprint density at radius 2 is 2.17 bits per heavy atom. The van der Waals surface area contributed by atoms with Gasteiger partial charge in [-0.2, -0.15) is 0 Å². The van der Waals surface area contributed by atoms with E-state index in [1.165, 1.54) is 6.20 Å². The van der Waals surface area contributed by atoms with Gasteiger partial charge in [0, 0.05) is 12.3 Å². The van der Waals surface area contributed by atoms with Crippen molar-refractivity contribution in [2.24, 2.45) is 0 Å². The summed E-state index contributed by atoms with van der Waals surface area (Å²) in [6.45, 7) is 0. The molecule has 9 heteroatoms. The van der Waals surface area contributed by atoms with E-state index in [4.69, 9.17) is 11.6 Å². The van der Waals surface area contributed by atoms with Crippen LogP contribution in [0.2, 0.25) is 5.02 Å². The fraction of sp³-hybridized carbons (Fsp3) is 0.0714. The van der Waals surface area contributed by atoms with Crippen LogP contribution >= 0.6 is 23.4 Å². The second-order valence-electron chi connectivity index (χ2n) is 4.53. The van der Waals surface area contributed by atoms with Crippen molar-refractivity contribution in [1.82, 2.24) is 15.0 Å². The van der Waals surface area contributed by atoms with E-state index in [9.17, 15) is 13.6 Å². The average molecular weight is 355 g/mol. The standard InChI is InChI=1S/C14H9ClF2N4OS/c15-7-3-11-13(18-5-7)21-14(20-11)23-6-12(22)19-10-4-8(16)1-2-9(10)17/h1-5H,6H2,(H,19,22)(H,18,20,21). The predicted octanol–water partition coefficient (Wildman–Crippen LogP) is 3.62. The van der Waals surface area contributed by atoms with Gasteiger partial charge in [0.15, 0.2) is 10.8 Å². The van der Waals surface area contributed by atoms with Crippen LogP contribution in [0.5, 0.6) is 0 Å². The maximum absolute atomic E-state index is 13.4. The van der Waals surface area contributed by atoms with Crippen molar-refractivity contribution < 1.29 is 13.6 Å². The van der Waals surface area contributed by atoms with Crippen LogP contribution in [0.15, 0.2) is 35.6 Å². The number of carbonyl (C=O) groups excluding carboxylic acids is 1. The predicted molar refractivity (Wildman–Crippen MR) is 84.6 cm³/mol. The summed E-state index contributed by atoms with van der Waals surface area (Å²) in [5.41, 5.74) is 0.929. The molecule has 3 rings (SSSR count). The number of rotatable bonds is 4. The highest BCUT2D eigenvalue weighted by Gasteiger charge is 2.11. The molecule has 23 heavy (non-hydrogen) atoms. The molecule has 0 saturated carbocycles. The molecule has 118 valence electrons. The van der Waals surface area contributed by atoms with Crippen LogP contribution < -0.4 is 5.32 Å². The Kier molecular flexibility index (Phi) is 4.44. The highest BCUT2D eigenvalue weighted by atomic mass is 35.5. The summed E-state index contributed by atoms with van der Waals surface area (Å²) in [5.74, 6) is -1.84. The van der Waals surface area contributed by atoms with Crippen LogP contribution in [0.4, 0.5) is 14.5 Å². The summed E-state index contributed by atoms with van der Waals surface area (Å²) in [7, 11) is 0. The number of amides is 1. The first-order valence-electron chi connectivity index (χ1n) is 6.40. The van der Waals surface area contributed by atoms with Crippen molar-refractivity contribution in [3.05, 3.63) is 47.1 Å². The fourth-order valence-electron chi connectivity index (χ4n) is 1.83. The van der Waals surface area contributed by atoms with Crippen molar-refractivity contribution in [2.45, 2.75) is 5.16 Å². The minimum Gasteiger partial charge on any atom is -0.331 e. The zero-order chi connectivity index (χ0) is 16.4. The van der Waals surface area contributed by atoms with Crippen LogP contribution in [-0.4, -0.2) is 26.6 Å². The van der Waals surface area contributed by atoms with Gasteiger partial charge >= 0.3 is 0 Å². The lowest BCUT2D eigenvalue weighted by molar-refractivity contribution is -0.113. The number of pyridine rings is 1. The third-order valence-corrected chi connectivity index (χ3v) is 3.90. The third kappa shape index (κ3) is 3.77. The molecule has 5 nitrogen and oxygen atoms in total. The Morgan fingerprint density at radius 1 is 1.35 bits per heavy atom. The molecule has 1 amide bonds. The maximum Gasteiger partial charge on any atom is 0.234 e. The summed E-state index contributed by atoms with van der Waals surface area (Å²) in [4.78, 5) is 23.0. The Bertz CT molecular complexity index is 886. The van der Waals surface area contributed by atoms with Gasteiger partial charge in [-0.15, -0.1) is 0 Å². The number of H-pyrrole nitrogens is 1. The lowest BCUT2D eigenvalue weighted by Crippen LogP contribution is -2.15. The quantitative estimate of drug-likeness (QED) is 0.702. The number of fused-ring (bicyclic) bond motifs is 1. The molecule has 0 radical (unpaired) electrons. The maximum atomic E-state index is 13.4. The van der Waals surface area contributed by atoms with Gasteiger partial charge in [-0.1, -0.05) is 23.4 Å². The first-order valence-corrected chi connectivity index (χ1v) is 7.76. The minimum atomic E-state index is -0.702. The van der Waals surface area contributed by atoms with E-state index in [1.807, 2.05) is 0 Å². The van der Waals surface area contributed by atoms with Crippen LogP contribution in [0, 0.1) is 11.6 Å². The summed E-state index contributed by atoms with van der Waals surface area (Å²) < 4.78 is 26.5. The Morgan fingerprint density at radius 3 is 3.00 bits per heavy atom. The molecule has 0 spiro atoms. The lowest BCUT2D eigenvalue weighted by atomic mass is 10.3. The number of halogens is 3. The van der Waals surface area contributed by atoms with Crippen LogP contribution in [0.25, 0.3) is 11.2 Å². The first kappa shape index (κ1) is 15.7. The number of benzene rings is 1. The number of carbonyl (C=O) groups is 1.